The van der Waals surface area contributed by atoms with E-state index in [1.807, 2.05) is 26.8 Å². The van der Waals surface area contributed by atoms with Crippen LogP contribution in [-0.2, 0) is 17.9 Å². The van der Waals surface area contributed by atoms with Gasteiger partial charge in [-0.25, -0.2) is 9.78 Å². The van der Waals surface area contributed by atoms with Gasteiger partial charge in [0.1, 0.15) is 5.75 Å². The number of ether oxygens (including phenoxy) is 1. The number of thioether (sulfide) groups is 1. The van der Waals surface area contributed by atoms with Crippen molar-refractivity contribution in [3.05, 3.63) is 56.9 Å². The second-order valence-electron chi connectivity index (χ2n) is 4.81. The second-order valence-corrected chi connectivity index (χ2v) is 5.79. The van der Waals surface area contributed by atoms with Crippen LogP contribution in [0.1, 0.15) is 30.5 Å². The van der Waals surface area contributed by atoms with Crippen LogP contribution in [0.2, 0.25) is 0 Å². The van der Waals surface area contributed by atoms with E-state index in [0.29, 0.717) is 5.03 Å². The van der Waals surface area contributed by atoms with Crippen LogP contribution in [0.3, 0.4) is 0 Å². The van der Waals surface area contributed by atoms with Crippen LogP contribution in [0.15, 0.2) is 34.2 Å². The van der Waals surface area contributed by atoms with E-state index >= 15 is 0 Å². The number of fused-ring (bicyclic) bond motifs is 1. The number of aryl methyl sites for hydroxylation is 1. The summed E-state index contributed by atoms with van der Waals surface area (Å²) in [5.74, 6) is 1.15. The minimum Gasteiger partial charge on any atom is -0.655 e. The van der Waals surface area contributed by atoms with Gasteiger partial charge >= 0.3 is 36.8 Å². The summed E-state index contributed by atoms with van der Waals surface area (Å²) in [4.78, 5) is 26.7. The Morgan fingerprint density at radius 2 is 2.00 bits per heavy atom. The molecule has 1 aliphatic heterocycles. The zero-order chi connectivity index (χ0) is 18.7. The van der Waals surface area contributed by atoms with Crippen LogP contribution < -0.4 is 10.4 Å². The van der Waals surface area contributed by atoms with Gasteiger partial charge in [-0.2, -0.15) is 0 Å². The summed E-state index contributed by atoms with van der Waals surface area (Å²) in [6.07, 6.45) is 3.21. The Morgan fingerprint density at radius 3 is 2.65 bits per heavy atom. The molecule has 1 aromatic carbocycles. The molecule has 1 N–H and O–H groups in total. The zero-order valence-electron chi connectivity index (χ0n) is 15.5. The molecule has 2 aromatic rings. The smallest absolute Gasteiger partial charge is 0.655 e. The predicted octanol–water partition coefficient (Wildman–Crippen LogP) is 3.39. The quantitative estimate of drug-likeness (QED) is 0.331. The summed E-state index contributed by atoms with van der Waals surface area (Å²) < 4.78 is 5.10. The molecule has 0 amide bonds. The van der Waals surface area contributed by atoms with Crippen LogP contribution in [0.5, 0.6) is 5.75 Å². The standard InChI is InChI=1S/C9H10NO.C7H7N2O2S.C2H6.U/c1-11-9-3-2-7-5-10-6-8(7)4-9;1-5-4-8-7(11)9-6(5)12-3-2-10;1-2;/h2-4H,5-6H2,1H3;4H,3H2,1H3,(H,8,9,11);1-2H3;/q2*-1;;+2. The van der Waals surface area contributed by atoms with E-state index in [9.17, 15) is 9.59 Å². The molecule has 0 atom stereocenters. The van der Waals surface area contributed by atoms with Gasteiger partial charge in [-0.15, -0.1) is 24.9 Å². The topological polar surface area (TPSA) is 86.2 Å². The van der Waals surface area contributed by atoms with Crippen molar-refractivity contribution in [3.8, 4) is 5.75 Å². The van der Waals surface area contributed by atoms with Gasteiger partial charge in [0.05, 0.1) is 12.1 Å². The molecule has 138 valence electrons. The molecule has 3 rings (SSSR count). The van der Waals surface area contributed by atoms with E-state index < -0.39 is 5.69 Å². The van der Waals surface area contributed by atoms with Crippen molar-refractivity contribution < 1.29 is 40.6 Å². The average molecular weight is 599 g/mol. The summed E-state index contributed by atoms with van der Waals surface area (Å²) in [7, 11) is 1.69. The second kappa shape index (κ2) is 14.0. The molecule has 0 fully saturated rings. The van der Waals surface area contributed by atoms with Crippen LogP contribution in [0.25, 0.3) is 5.32 Å². The van der Waals surface area contributed by atoms with Crippen molar-refractivity contribution in [2.75, 3.05) is 12.9 Å². The largest absolute Gasteiger partial charge is 2.00 e. The molecule has 0 aliphatic carbocycles. The maximum Gasteiger partial charge on any atom is 2.00 e. The Labute approximate surface area is 182 Å². The molecular formula is C18H23N3O3SU. The van der Waals surface area contributed by atoms with Gasteiger partial charge < -0.3 is 19.8 Å². The van der Waals surface area contributed by atoms with E-state index in [4.69, 9.17) is 4.74 Å². The number of hydrogen-bond acceptors (Lipinski definition) is 5. The molecular weight excluding hydrogens is 576 g/mol. The molecule has 8 heteroatoms. The van der Waals surface area contributed by atoms with Crippen molar-refractivity contribution in [2.45, 2.75) is 38.9 Å². The van der Waals surface area contributed by atoms with Gasteiger partial charge in [0.15, 0.2) is 0 Å². The van der Waals surface area contributed by atoms with E-state index in [2.05, 4.69) is 27.4 Å². The third-order valence-corrected chi connectivity index (χ3v) is 4.18. The van der Waals surface area contributed by atoms with Gasteiger partial charge in [0, 0.05) is 6.20 Å². The van der Waals surface area contributed by atoms with Crippen LogP contribution >= 0.6 is 11.8 Å². The summed E-state index contributed by atoms with van der Waals surface area (Å²) in [6, 6.07) is 6.14. The fraction of sp³-hybridized carbons (Fsp3) is 0.389. The predicted molar refractivity (Wildman–Crippen MR) is 101 cm³/mol. The third kappa shape index (κ3) is 8.09. The zero-order valence-corrected chi connectivity index (χ0v) is 20.4. The first-order valence-corrected chi connectivity index (χ1v) is 8.95. The Balaban J connectivity index is 0.000000425. The molecule has 0 saturated heterocycles. The number of aromatic nitrogens is 2. The molecule has 26 heavy (non-hydrogen) atoms. The van der Waals surface area contributed by atoms with Crippen LogP contribution in [0, 0.1) is 38.0 Å². The first-order chi connectivity index (χ1) is 12.1. The molecule has 1 aliphatic rings. The molecule has 2 heterocycles. The first-order valence-electron chi connectivity index (χ1n) is 7.97. The van der Waals surface area contributed by atoms with Crippen molar-refractivity contribution in [3.63, 3.8) is 0 Å². The van der Waals surface area contributed by atoms with Gasteiger partial charge in [0.25, 0.3) is 0 Å². The maximum atomic E-state index is 10.7. The van der Waals surface area contributed by atoms with Crippen molar-refractivity contribution in [2.24, 2.45) is 0 Å². The molecule has 6 nitrogen and oxygen atoms in total. The van der Waals surface area contributed by atoms with Gasteiger partial charge in [-0.1, -0.05) is 36.8 Å². The third-order valence-electron chi connectivity index (χ3n) is 3.21. The number of nitrogens with one attached hydrogen (secondary N) is 1. The van der Waals surface area contributed by atoms with E-state index in [0.717, 1.165) is 24.4 Å². The summed E-state index contributed by atoms with van der Waals surface area (Å²) in [5.41, 5.74) is 3.11. The van der Waals surface area contributed by atoms with Gasteiger partial charge in [-0.3, -0.25) is 6.29 Å². The number of methoxy groups -OCH3 is 1. The Morgan fingerprint density at radius 1 is 1.31 bits per heavy atom. The number of benzene rings is 1. The molecule has 0 unspecified atom stereocenters. The maximum absolute atomic E-state index is 10.7. The number of carbonyl (C=O) groups excluding carboxylic acids is 1. The van der Waals surface area contributed by atoms with E-state index in [-0.39, 0.29) is 36.9 Å². The summed E-state index contributed by atoms with van der Waals surface area (Å²) in [6.45, 7) is 7.54. The fourth-order valence-electron chi connectivity index (χ4n) is 2.02. The fourth-order valence-corrected chi connectivity index (χ4v) is 2.66. The minimum atomic E-state index is -0.394. The Hall–Kier alpha value is -1.07. The Bertz CT molecular complexity index is 738. The molecule has 0 bridgehead atoms. The molecule has 0 spiro atoms. The Kier molecular flexibility index (Phi) is 13.5. The van der Waals surface area contributed by atoms with Crippen LogP contribution in [-0.4, -0.2) is 29.1 Å². The van der Waals surface area contributed by atoms with Crippen molar-refractivity contribution >= 4 is 18.0 Å². The average Bonchev–Trinajstić information content (AvgIpc) is 3.12. The van der Waals surface area contributed by atoms with E-state index in [1.54, 1.807) is 13.4 Å². The number of nitrogens with zero attached hydrogens (tertiary/aromatic N) is 2. The van der Waals surface area contributed by atoms with Crippen LogP contribution in [0.4, 0.5) is 0 Å². The molecule has 1 aromatic heterocycles. The number of hydrogen-bond donors (Lipinski definition) is 1. The van der Waals surface area contributed by atoms with E-state index in [1.165, 1.54) is 29.1 Å². The number of rotatable bonds is 4. The SMILES string of the molecule is CC.COc1ccc2c(c1)C[N-]C2.Cc1cnc(=O)[nH]c1SC[C-]=O.[U+2]. The monoisotopic (exact) mass is 599 g/mol. The molecule has 0 saturated carbocycles. The summed E-state index contributed by atoms with van der Waals surface area (Å²) in [5, 5.41) is 4.95. The van der Waals surface area contributed by atoms with Crippen molar-refractivity contribution in [1.82, 2.24) is 9.97 Å². The number of aromatic amines is 1. The molecule has 0 radical (unpaired) electrons. The normalized spacial score (nSPS) is 10.9. The van der Waals surface area contributed by atoms with Gasteiger partial charge in [0.2, 0.25) is 0 Å². The first kappa shape index (κ1) is 24.9. The minimum absolute atomic E-state index is 0. The number of H-pyrrole nitrogens is 1. The van der Waals surface area contributed by atoms with Crippen molar-refractivity contribution in [1.29, 1.82) is 0 Å². The summed E-state index contributed by atoms with van der Waals surface area (Å²) >= 11 is 1.24. The van der Waals surface area contributed by atoms with Gasteiger partial charge in [-0.05, 0) is 24.6 Å².